The van der Waals surface area contributed by atoms with Gasteiger partial charge in [-0.3, -0.25) is 4.90 Å². The summed E-state index contributed by atoms with van der Waals surface area (Å²) >= 11 is 5.45. The summed E-state index contributed by atoms with van der Waals surface area (Å²) in [6.07, 6.45) is 0. The zero-order valence-electron chi connectivity index (χ0n) is 19.7. The van der Waals surface area contributed by atoms with Crippen LogP contribution in [-0.2, 0) is 28.0 Å². The minimum Gasteiger partial charge on any atom is -0.409 e. The summed E-state index contributed by atoms with van der Waals surface area (Å²) in [5, 5.41) is 4.59. The summed E-state index contributed by atoms with van der Waals surface area (Å²) in [5.74, 6) is 0.289. The average Bonchev–Trinajstić information content (AvgIpc) is 3.19. The van der Waals surface area contributed by atoms with Gasteiger partial charge in [0, 0.05) is 30.7 Å². The van der Waals surface area contributed by atoms with Gasteiger partial charge in [0.25, 0.3) is 4.84 Å². The van der Waals surface area contributed by atoms with Crippen molar-refractivity contribution in [3.8, 4) is 11.5 Å². The fourth-order valence-electron chi connectivity index (χ4n) is 3.70. The smallest absolute Gasteiger partial charge is 0.288 e. The van der Waals surface area contributed by atoms with E-state index in [1.165, 1.54) is 9.87 Å². The number of nitrogens with zero attached hydrogens (tertiary/aromatic N) is 4. The minimum absolute atomic E-state index is 0.143. The Kier molecular flexibility index (Phi) is 7.34. The highest BCUT2D eigenvalue weighted by molar-refractivity contribution is 7.89. The molecule has 8 nitrogen and oxygen atoms in total. The summed E-state index contributed by atoms with van der Waals surface area (Å²) < 4.78 is 40.3. The Labute approximate surface area is 205 Å². The molecule has 4 rings (SSSR count). The minimum atomic E-state index is -3.63. The van der Waals surface area contributed by atoms with Crippen molar-refractivity contribution in [3.05, 3.63) is 65.0 Å². The van der Waals surface area contributed by atoms with E-state index < -0.39 is 10.0 Å². The van der Waals surface area contributed by atoms with Crippen LogP contribution in [0, 0.1) is 4.84 Å². The van der Waals surface area contributed by atoms with Gasteiger partial charge in [-0.2, -0.15) is 4.31 Å². The van der Waals surface area contributed by atoms with Crippen LogP contribution in [0.2, 0.25) is 0 Å². The van der Waals surface area contributed by atoms with Crippen molar-refractivity contribution in [2.75, 3.05) is 26.3 Å². The predicted molar refractivity (Wildman–Crippen MR) is 132 cm³/mol. The molecule has 1 aromatic heterocycles. The molecule has 3 aromatic rings. The van der Waals surface area contributed by atoms with E-state index in [2.05, 4.69) is 42.9 Å². The van der Waals surface area contributed by atoms with E-state index in [0.29, 0.717) is 38.5 Å². The van der Waals surface area contributed by atoms with E-state index in [1.54, 1.807) is 28.9 Å². The first kappa shape index (κ1) is 24.7. The monoisotopic (exact) mass is 502 g/mol. The number of sulfonamides is 1. The van der Waals surface area contributed by atoms with Crippen LogP contribution >= 0.6 is 12.2 Å². The van der Waals surface area contributed by atoms with Crippen molar-refractivity contribution in [2.24, 2.45) is 0 Å². The molecule has 0 saturated carbocycles. The van der Waals surface area contributed by atoms with Crippen LogP contribution in [0.1, 0.15) is 26.3 Å². The van der Waals surface area contributed by atoms with Gasteiger partial charge in [0.15, 0.2) is 0 Å². The number of aromatic nitrogens is 2. The van der Waals surface area contributed by atoms with Gasteiger partial charge in [0.1, 0.15) is 0 Å². The largest absolute Gasteiger partial charge is 0.409 e. The van der Waals surface area contributed by atoms with Gasteiger partial charge in [-0.25, -0.2) is 13.1 Å². The predicted octanol–water partition coefficient (Wildman–Crippen LogP) is 4.15. The lowest BCUT2D eigenvalue weighted by atomic mass is 10.1. The van der Waals surface area contributed by atoms with E-state index in [0.717, 1.165) is 6.54 Å². The van der Waals surface area contributed by atoms with Crippen molar-refractivity contribution in [1.29, 1.82) is 0 Å². The molecular formula is C24H30N4O4S2. The van der Waals surface area contributed by atoms with Crippen molar-refractivity contribution in [2.45, 2.75) is 44.4 Å². The second kappa shape index (κ2) is 10.1. The lowest BCUT2D eigenvalue weighted by Crippen LogP contribution is -2.42. The van der Waals surface area contributed by atoms with Crippen molar-refractivity contribution in [1.82, 2.24) is 19.0 Å². The van der Waals surface area contributed by atoms with E-state index in [1.807, 2.05) is 18.2 Å². The Morgan fingerprint density at radius 2 is 1.76 bits per heavy atom. The number of morpholine rings is 1. The Morgan fingerprint density at radius 3 is 2.44 bits per heavy atom. The lowest BCUT2D eigenvalue weighted by molar-refractivity contribution is 0.0730. The fourth-order valence-corrected chi connectivity index (χ4v) is 5.33. The van der Waals surface area contributed by atoms with Gasteiger partial charge >= 0.3 is 0 Å². The molecule has 182 valence electrons. The third-order valence-electron chi connectivity index (χ3n) is 5.76. The Hall–Kier alpha value is -2.37. The van der Waals surface area contributed by atoms with Crippen LogP contribution in [-0.4, -0.2) is 59.2 Å². The van der Waals surface area contributed by atoms with Gasteiger partial charge in [0.05, 0.1) is 24.8 Å². The topological polar surface area (TPSA) is 80.8 Å². The van der Waals surface area contributed by atoms with Crippen LogP contribution in [0.15, 0.2) is 63.9 Å². The number of hydrogen-bond donors (Lipinski definition) is 0. The van der Waals surface area contributed by atoms with Crippen LogP contribution in [0.3, 0.4) is 0 Å². The Bertz CT molecular complexity index is 1270. The molecule has 0 unspecified atom stereocenters. The highest BCUT2D eigenvalue weighted by Gasteiger charge is 2.27. The zero-order valence-corrected chi connectivity index (χ0v) is 21.3. The molecule has 0 aliphatic carbocycles. The second-order valence-corrected chi connectivity index (χ2v) is 11.5. The molecule has 1 aliphatic rings. The maximum absolute atomic E-state index is 13.1. The molecule has 0 atom stereocenters. The standard InChI is InChI=1S/C24H30N4O4S2/c1-24(2,3)26(17-19-8-5-4-6-9-19)18-28-23(33)32-22(25-28)20-10-7-11-21(16-20)34(29,30)27-12-14-31-15-13-27/h4-11,16H,12-15,17-18H2,1-3H3. The van der Waals surface area contributed by atoms with Gasteiger partial charge in [-0.1, -0.05) is 36.4 Å². The highest BCUT2D eigenvalue weighted by atomic mass is 32.2. The van der Waals surface area contributed by atoms with Crippen molar-refractivity contribution < 1.29 is 17.6 Å². The van der Waals surface area contributed by atoms with Crippen LogP contribution in [0.25, 0.3) is 11.5 Å². The molecule has 10 heteroatoms. The van der Waals surface area contributed by atoms with Gasteiger partial charge in [0.2, 0.25) is 15.9 Å². The molecular weight excluding hydrogens is 472 g/mol. The third-order valence-corrected chi connectivity index (χ3v) is 7.95. The summed E-state index contributed by atoms with van der Waals surface area (Å²) in [4.78, 5) is 2.69. The molecule has 0 N–H and O–H groups in total. The molecule has 0 spiro atoms. The molecule has 1 saturated heterocycles. The molecule has 1 fully saturated rings. The quantitative estimate of drug-likeness (QED) is 0.449. The summed E-state index contributed by atoms with van der Waals surface area (Å²) in [5.41, 5.74) is 1.61. The zero-order chi connectivity index (χ0) is 24.3. The Balaban J connectivity index is 1.59. The van der Waals surface area contributed by atoms with E-state index in [4.69, 9.17) is 21.4 Å². The van der Waals surface area contributed by atoms with E-state index >= 15 is 0 Å². The maximum atomic E-state index is 13.1. The molecule has 34 heavy (non-hydrogen) atoms. The van der Waals surface area contributed by atoms with Gasteiger partial charge in [-0.15, -0.1) is 5.10 Å². The fraction of sp³-hybridized carbons (Fsp3) is 0.417. The highest BCUT2D eigenvalue weighted by Crippen LogP contribution is 2.25. The van der Waals surface area contributed by atoms with Gasteiger partial charge in [-0.05, 0) is 56.8 Å². The second-order valence-electron chi connectivity index (χ2n) is 9.21. The lowest BCUT2D eigenvalue weighted by Gasteiger charge is -2.35. The summed E-state index contributed by atoms with van der Waals surface area (Å²) in [6.45, 7) is 9.05. The third kappa shape index (κ3) is 5.64. The van der Waals surface area contributed by atoms with Crippen molar-refractivity contribution in [3.63, 3.8) is 0 Å². The number of hydrogen-bond acceptors (Lipinski definition) is 7. The van der Waals surface area contributed by atoms with E-state index in [9.17, 15) is 8.42 Å². The molecule has 2 heterocycles. The average molecular weight is 503 g/mol. The molecule has 2 aromatic carbocycles. The van der Waals surface area contributed by atoms with E-state index in [-0.39, 0.29) is 21.2 Å². The number of benzene rings is 2. The van der Waals surface area contributed by atoms with Crippen LogP contribution in [0.5, 0.6) is 0 Å². The Morgan fingerprint density at radius 1 is 1.06 bits per heavy atom. The number of rotatable bonds is 7. The number of ether oxygens (including phenoxy) is 1. The first-order chi connectivity index (χ1) is 16.1. The molecule has 0 amide bonds. The normalized spacial score (nSPS) is 15.6. The molecule has 0 bridgehead atoms. The molecule has 1 aliphatic heterocycles. The summed E-state index contributed by atoms with van der Waals surface area (Å²) in [6, 6.07) is 16.9. The maximum Gasteiger partial charge on any atom is 0.288 e. The SMILES string of the molecule is CC(C)(C)N(Cc1ccccc1)Cn1nc(-c2cccc(S(=O)(=O)N3CCOCC3)c2)oc1=S. The van der Waals surface area contributed by atoms with Gasteiger partial charge < -0.3 is 9.15 Å². The summed E-state index contributed by atoms with van der Waals surface area (Å²) in [7, 11) is -3.63. The van der Waals surface area contributed by atoms with Crippen LogP contribution < -0.4 is 0 Å². The molecule has 0 radical (unpaired) electrons. The first-order valence-corrected chi connectivity index (χ1v) is 13.0. The first-order valence-electron chi connectivity index (χ1n) is 11.2. The van der Waals surface area contributed by atoms with Crippen molar-refractivity contribution >= 4 is 22.2 Å². The van der Waals surface area contributed by atoms with Crippen LogP contribution in [0.4, 0.5) is 0 Å².